The van der Waals surface area contributed by atoms with Crippen molar-refractivity contribution < 1.29 is 4.74 Å². The van der Waals surface area contributed by atoms with Gasteiger partial charge in [-0.15, -0.1) is 0 Å². The molecule has 2 nitrogen and oxygen atoms in total. The first-order valence-corrected chi connectivity index (χ1v) is 8.09. The molecule has 2 atom stereocenters. The SMILES string of the molecule is CCNC(CCc1ccc2c(c1)CCO2)C(C)C(C)C. The molecule has 1 aromatic rings. The van der Waals surface area contributed by atoms with Crippen LogP contribution in [0.3, 0.4) is 0 Å². The Morgan fingerprint density at radius 3 is 2.75 bits per heavy atom. The van der Waals surface area contributed by atoms with Gasteiger partial charge >= 0.3 is 0 Å². The minimum absolute atomic E-state index is 0.615. The number of hydrogen-bond acceptors (Lipinski definition) is 2. The van der Waals surface area contributed by atoms with Crippen LogP contribution in [0.5, 0.6) is 5.75 Å². The van der Waals surface area contributed by atoms with E-state index in [2.05, 4.69) is 51.2 Å². The van der Waals surface area contributed by atoms with E-state index in [4.69, 9.17) is 4.74 Å². The molecule has 1 aromatic carbocycles. The Hall–Kier alpha value is -1.02. The van der Waals surface area contributed by atoms with E-state index in [0.29, 0.717) is 12.0 Å². The van der Waals surface area contributed by atoms with Gasteiger partial charge in [-0.25, -0.2) is 0 Å². The predicted molar refractivity (Wildman–Crippen MR) is 85.4 cm³/mol. The van der Waals surface area contributed by atoms with Crippen LogP contribution in [-0.2, 0) is 12.8 Å². The summed E-state index contributed by atoms with van der Waals surface area (Å²) < 4.78 is 5.57. The molecule has 0 spiro atoms. The van der Waals surface area contributed by atoms with Crippen LogP contribution < -0.4 is 10.1 Å². The average Bonchev–Trinajstić information content (AvgIpc) is 2.90. The molecule has 2 rings (SSSR count). The largest absolute Gasteiger partial charge is 0.493 e. The van der Waals surface area contributed by atoms with Gasteiger partial charge in [0.05, 0.1) is 6.61 Å². The van der Waals surface area contributed by atoms with Gasteiger partial charge in [-0.1, -0.05) is 39.8 Å². The molecule has 0 saturated carbocycles. The molecule has 1 aliphatic rings. The van der Waals surface area contributed by atoms with Crippen molar-refractivity contribution in [2.75, 3.05) is 13.2 Å². The van der Waals surface area contributed by atoms with Gasteiger partial charge in [0.15, 0.2) is 0 Å². The molecule has 0 aliphatic carbocycles. The number of aryl methyl sites for hydroxylation is 1. The van der Waals surface area contributed by atoms with Crippen LogP contribution in [0.2, 0.25) is 0 Å². The summed E-state index contributed by atoms with van der Waals surface area (Å²) in [5.74, 6) is 2.53. The Balaban J connectivity index is 1.95. The van der Waals surface area contributed by atoms with Crippen molar-refractivity contribution in [2.45, 2.75) is 53.0 Å². The third-order valence-electron chi connectivity index (χ3n) is 4.65. The molecule has 0 aromatic heterocycles. The van der Waals surface area contributed by atoms with E-state index < -0.39 is 0 Å². The molecular formula is C18H29NO. The monoisotopic (exact) mass is 275 g/mol. The molecule has 0 amide bonds. The van der Waals surface area contributed by atoms with Crippen molar-refractivity contribution in [3.8, 4) is 5.75 Å². The van der Waals surface area contributed by atoms with Crippen LogP contribution in [0.25, 0.3) is 0 Å². The zero-order valence-corrected chi connectivity index (χ0v) is 13.4. The van der Waals surface area contributed by atoms with Gasteiger partial charge in [0, 0.05) is 12.5 Å². The van der Waals surface area contributed by atoms with Gasteiger partial charge in [-0.05, 0) is 48.4 Å². The zero-order chi connectivity index (χ0) is 14.5. The van der Waals surface area contributed by atoms with Crippen molar-refractivity contribution in [3.63, 3.8) is 0 Å². The summed E-state index contributed by atoms with van der Waals surface area (Å²) in [5, 5.41) is 3.66. The highest BCUT2D eigenvalue weighted by Crippen LogP contribution is 2.27. The van der Waals surface area contributed by atoms with Crippen molar-refractivity contribution in [3.05, 3.63) is 29.3 Å². The van der Waals surface area contributed by atoms with E-state index in [9.17, 15) is 0 Å². The molecule has 0 fully saturated rings. The number of rotatable bonds is 7. The van der Waals surface area contributed by atoms with Gasteiger partial charge in [0.2, 0.25) is 0 Å². The molecule has 20 heavy (non-hydrogen) atoms. The molecule has 0 radical (unpaired) electrons. The number of hydrogen-bond donors (Lipinski definition) is 1. The van der Waals surface area contributed by atoms with E-state index >= 15 is 0 Å². The second kappa shape index (κ2) is 7.12. The van der Waals surface area contributed by atoms with Crippen LogP contribution in [0, 0.1) is 11.8 Å². The highest BCUT2D eigenvalue weighted by Gasteiger charge is 2.19. The standard InChI is InChI=1S/C18H29NO/c1-5-19-17(14(4)13(2)3)8-6-15-7-9-18-16(12-15)10-11-20-18/h7,9,12-14,17,19H,5-6,8,10-11H2,1-4H3. The third kappa shape index (κ3) is 3.76. The maximum atomic E-state index is 5.57. The summed E-state index contributed by atoms with van der Waals surface area (Å²) >= 11 is 0. The van der Waals surface area contributed by atoms with Crippen LogP contribution >= 0.6 is 0 Å². The van der Waals surface area contributed by atoms with Gasteiger partial charge in [0.25, 0.3) is 0 Å². The van der Waals surface area contributed by atoms with E-state index in [-0.39, 0.29) is 0 Å². The highest BCUT2D eigenvalue weighted by molar-refractivity contribution is 5.39. The lowest BCUT2D eigenvalue weighted by molar-refractivity contribution is 0.289. The van der Waals surface area contributed by atoms with Crippen molar-refractivity contribution in [1.29, 1.82) is 0 Å². The summed E-state index contributed by atoms with van der Waals surface area (Å²) in [6, 6.07) is 7.33. The van der Waals surface area contributed by atoms with E-state index in [1.54, 1.807) is 0 Å². The molecule has 0 bridgehead atoms. The summed E-state index contributed by atoms with van der Waals surface area (Å²) in [6.07, 6.45) is 3.44. The smallest absolute Gasteiger partial charge is 0.122 e. The van der Waals surface area contributed by atoms with Crippen molar-refractivity contribution in [2.24, 2.45) is 11.8 Å². The molecule has 2 unspecified atom stereocenters. The Kier molecular flexibility index (Phi) is 5.47. The lowest BCUT2D eigenvalue weighted by Crippen LogP contribution is -2.37. The average molecular weight is 275 g/mol. The Morgan fingerprint density at radius 1 is 1.25 bits per heavy atom. The number of nitrogens with one attached hydrogen (secondary N) is 1. The Bertz CT molecular complexity index is 427. The lowest BCUT2D eigenvalue weighted by Gasteiger charge is -2.28. The molecule has 1 N–H and O–H groups in total. The second-order valence-electron chi connectivity index (χ2n) is 6.35. The fourth-order valence-electron chi connectivity index (χ4n) is 3.00. The maximum absolute atomic E-state index is 5.57. The second-order valence-corrected chi connectivity index (χ2v) is 6.35. The summed E-state index contributed by atoms with van der Waals surface area (Å²) in [6.45, 7) is 11.1. The van der Waals surface area contributed by atoms with Crippen molar-refractivity contribution >= 4 is 0 Å². The molecular weight excluding hydrogens is 246 g/mol. The summed E-state index contributed by atoms with van der Waals surface area (Å²) in [5.41, 5.74) is 2.84. The molecule has 1 aliphatic heterocycles. The maximum Gasteiger partial charge on any atom is 0.122 e. The topological polar surface area (TPSA) is 21.3 Å². The van der Waals surface area contributed by atoms with Crippen molar-refractivity contribution in [1.82, 2.24) is 5.32 Å². The first-order chi connectivity index (χ1) is 9.61. The molecule has 112 valence electrons. The van der Waals surface area contributed by atoms with Gasteiger partial charge < -0.3 is 10.1 Å². The molecule has 0 saturated heterocycles. The normalized spacial score (nSPS) is 16.9. The van der Waals surface area contributed by atoms with Gasteiger partial charge in [0.1, 0.15) is 5.75 Å². The lowest BCUT2D eigenvalue weighted by atomic mass is 9.86. The Labute approximate surface area is 123 Å². The quantitative estimate of drug-likeness (QED) is 0.816. The predicted octanol–water partition coefficient (Wildman–Crippen LogP) is 3.82. The summed E-state index contributed by atoms with van der Waals surface area (Å²) in [4.78, 5) is 0. The van der Waals surface area contributed by atoms with E-state index in [1.807, 2.05) is 0 Å². The first kappa shape index (κ1) is 15.4. The number of benzene rings is 1. The Morgan fingerprint density at radius 2 is 2.05 bits per heavy atom. The fraction of sp³-hybridized carbons (Fsp3) is 0.667. The molecule has 1 heterocycles. The van der Waals surface area contributed by atoms with E-state index in [1.165, 1.54) is 17.5 Å². The molecule has 2 heteroatoms. The van der Waals surface area contributed by atoms with Crippen LogP contribution in [0.1, 0.15) is 45.2 Å². The third-order valence-corrected chi connectivity index (χ3v) is 4.65. The number of fused-ring (bicyclic) bond motifs is 1. The summed E-state index contributed by atoms with van der Waals surface area (Å²) in [7, 11) is 0. The van der Waals surface area contributed by atoms with Crippen LogP contribution in [0.4, 0.5) is 0 Å². The zero-order valence-electron chi connectivity index (χ0n) is 13.4. The number of ether oxygens (including phenoxy) is 1. The van der Waals surface area contributed by atoms with Crippen LogP contribution in [-0.4, -0.2) is 19.2 Å². The van der Waals surface area contributed by atoms with Gasteiger partial charge in [-0.2, -0.15) is 0 Å². The van der Waals surface area contributed by atoms with Crippen LogP contribution in [0.15, 0.2) is 18.2 Å². The minimum Gasteiger partial charge on any atom is -0.493 e. The van der Waals surface area contributed by atoms with E-state index in [0.717, 1.165) is 37.7 Å². The fourth-order valence-corrected chi connectivity index (χ4v) is 3.00. The van der Waals surface area contributed by atoms with Gasteiger partial charge in [-0.3, -0.25) is 0 Å². The minimum atomic E-state index is 0.615. The highest BCUT2D eigenvalue weighted by atomic mass is 16.5. The first-order valence-electron chi connectivity index (χ1n) is 8.09.